The first-order valence-corrected chi connectivity index (χ1v) is 12.9. The van der Waals surface area contributed by atoms with Crippen molar-refractivity contribution in [3.8, 4) is 5.75 Å². The van der Waals surface area contributed by atoms with Gasteiger partial charge in [0.2, 0.25) is 5.56 Å². The number of nitrogens with one attached hydrogen (secondary N) is 1. The summed E-state index contributed by atoms with van der Waals surface area (Å²) in [6.45, 7) is 8.08. The van der Waals surface area contributed by atoms with E-state index in [0.717, 1.165) is 63.3 Å². The second-order valence-electron chi connectivity index (χ2n) is 10.2. The summed E-state index contributed by atoms with van der Waals surface area (Å²) >= 11 is 0. The third-order valence-electron chi connectivity index (χ3n) is 7.55. The van der Waals surface area contributed by atoms with Crippen LogP contribution in [0.2, 0.25) is 0 Å². The molecule has 0 spiro atoms. The van der Waals surface area contributed by atoms with Crippen molar-refractivity contribution >= 4 is 17.0 Å². The highest BCUT2D eigenvalue weighted by Gasteiger charge is 2.25. The number of carbonyl (C=O) groups is 1. The number of aryl methyl sites for hydroxylation is 3. The van der Waals surface area contributed by atoms with Crippen molar-refractivity contribution in [2.75, 3.05) is 6.54 Å². The van der Waals surface area contributed by atoms with Crippen LogP contribution in [-0.2, 0) is 24.9 Å². The Morgan fingerprint density at radius 1 is 1.21 bits per heavy atom. The van der Waals surface area contributed by atoms with Gasteiger partial charge < -0.3 is 14.8 Å². The molecular weight excluding hydrogens is 482 g/mol. The zero-order valence-electron chi connectivity index (χ0n) is 22.2. The predicted octanol–water partition coefficient (Wildman–Crippen LogP) is 4.05. The van der Waals surface area contributed by atoms with Gasteiger partial charge in [-0.25, -0.2) is 4.68 Å². The maximum Gasteiger partial charge on any atom is 0.304 e. The first-order valence-electron chi connectivity index (χ1n) is 12.9. The van der Waals surface area contributed by atoms with Gasteiger partial charge in [-0.15, -0.1) is 5.10 Å². The third-order valence-corrected chi connectivity index (χ3v) is 7.55. The fourth-order valence-electron chi connectivity index (χ4n) is 5.39. The summed E-state index contributed by atoms with van der Waals surface area (Å²) in [4.78, 5) is 29.2. The van der Waals surface area contributed by atoms with Gasteiger partial charge in [0, 0.05) is 38.7 Å². The minimum absolute atomic E-state index is 0.00626. The Morgan fingerprint density at radius 3 is 2.79 bits per heavy atom. The Balaban J connectivity index is 1.50. The van der Waals surface area contributed by atoms with E-state index < -0.39 is 5.97 Å². The standard InChI is InChI=1S/C29H33N5O4/c1-5-21-15-34(16-24-26(38-21)10-11-27(35)30-24)14-20-12-19(7-6-17(20)2)23(13-28(36)37)22-8-9-25-29(18(22)3)31-32-33(25)4/h6-12,21,23H,5,13-16H2,1-4H3,(H,30,35)(H,36,37)/t21-,23+/m0/s1. The average Bonchev–Trinajstić information content (AvgIpc) is 3.17. The minimum Gasteiger partial charge on any atom is -0.487 e. The zero-order chi connectivity index (χ0) is 27.0. The Labute approximate surface area is 221 Å². The highest BCUT2D eigenvalue weighted by Crippen LogP contribution is 2.34. The van der Waals surface area contributed by atoms with E-state index in [-0.39, 0.29) is 24.0 Å². The fourth-order valence-corrected chi connectivity index (χ4v) is 5.39. The second-order valence-corrected chi connectivity index (χ2v) is 10.2. The van der Waals surface area contributed by atoms with Crippen LogP contribution in [0.15, 0.2) is 47.3 Å². The maximum atomic E-state index is 12.0. The van der Waals surface area contributed by atoms with E-state index in [2.05, 4.69) is 46.2 Å². The average molecular weight is 516 g/mol. The van der Waals surface area contributed by atoms with Gasteiger partial charge in [0.05, 0.1) is 17.6 Å². The normalized spacial score (nSPS) is 16.6. The van der Waals surface area contributed by atoms with Crippen LogP contribution in [0.1, 0.15) is 59.2 Å². The number of hydrogen-bond donors (Lipinski definition) is 2. The Kier molecular flexibility index (Phi) is 7.03. The Hall–Kier alpha value is -3.98. The molecule has 0 saturated heterocycles. The highest BCUT2D eigenvalue weighted by molar-refractivity contribution is 5.80. The molecule has 0 fully saturated rings. The van der Waals surface area contributed by atoms with E-state index >= 15 is 0 Å². The molecule has 4 aromatic rings. The van der Waals surface area contributed by atoms with Crippen molar-refractivity contribution in [2.24, 2.45) is 7.05 Å². The molecule has 2 N–H and O–H groups in total. The number of nitrogens with zero attached hydrogens (tertiary/aromatic N) is 4. The third kappa shape index (κ3) is 5.06. The molecule has 0 bridgehead atoms. The monoisotopic (exact) mass is 515 g/mol. The van der Waals surface area contributed by atoms with E-state index in [4.69, 9.17) is 4.74 Å². The van der Waals surface area contributed by atoms with Crippen LogP contribution in [0.4, 0.5) is 0 Å². The summed E-state index contributed by atoms with van der Waals surface area (Å²) in [7, 11) is 1.85. The van der Waals surface area contributed by atoms with Crippen molar-refractivity contribution in [1.82, 2.24) is 24.9 Å². The van der Waals surface area contributed by atoms with Gasteiger partial charge >= 0.3 is 5.97 Å². The van der Waals surface area contributed by atoms with Crippen LogP contribution in [0.3, 0.4) is 0 Å². The molecule has 1 aliphatic heterocycles. The van der Waals surface area contributed by atoms with E-state index in [1.54, 1.807) is 10.7 Å². The predicted molar refractivity (Wildman–Crippen MR) is 144 cm³/mol. The van der Waals surface area contributed by atoms with Crippen LogP contribution in [0, 0.1) is 13.8 Å². The van der Waals surface area contributed by atoms with Gasteiger partial charge in [0.25, 0.3) is 0 Å². The van der Waals surface area contributed by atoms with Gasteiger partial charge in [-0.1, -0.05) is 36.4 Å². The molecule has 0 aliphatic carbocycles. The SMILES string of the molecule is CC[C@H]1CN(Cc2cc([C@@H](CC(=O)O)c3ccc4c(nnn4C)c3C)ccc2C)Cc2[nH]c(=O)ccc2O1. The van der Waals surface area contributed by atoms with Crippen molar-refractivity contribution < 1.29 is 14.6 Å². The van der Waals surface area contributed by atoms with Gasteiger partial charge in [-0.3, -0.25) is 14.5 Å². The number of carboxylic acid groups (broad SMARTS) is 1. The fraction of sp³-hybridized carbons (Fsp3) is 0.379. The topological polar surface area (TPSA) is 113 Å². The van der Waals surface area contributed by atoms with E-state index in [1.165, 1.54) is 6.07 Å². The van der Waals surface area contributed by atoms with Crippen LogP contribution < -0.4 is 10.3 Å². The van der Waals surface area contributed by atoms with Gasteiger partial charge in [0.1, 0.15) is 17.4 Å². The molecule has 2 aromatic carbocycles. The number of benzene rings is 2. The highest BCUT2D eigenvalue weighted by atomic mass is 16.5. The number of aromatic nitrogens is 4. The number of H-pyrrole nitrogens is 1. The molecule has 2 atom stereocenters. The van der Waals surface area contributed by atoms with Crippen LogP contribution in [0.25, 0.3) is 11.0 Å². The van der Waals surface area contributed by atoms with Crippen LogP contribution in [-0.4, -0.2) is 48.6 Å². The molecule has 3 heterocycles. The maximum absolute atomic E-state index is 12.0. The number of aliphatic carboxylic acids is 1. The van der Waals surface area contributed by atoms with Crippen LogP contribution >= 0.6 is 0 Å². The van der Waals surface area contributed by atoms with Crippen molar-refractivity contribution in [1.29, 1.82) is 0 Å². The molecule has 9 nitrogen and oxygen atoms in total. The zero-order valence-corrected chi connectivity index (χ0v) is 22.2. The largest absolute Gasteiger partial charge is 0.487 e. The summed E-state index contributed by atoms with van der Waals surface area (Å²) in [6, 6.07) is 13.4. The molecule has 0 amide bonds. The number of pyridine rings is 1. The molecule has 0 saturated carbocycles. The number of hydrogen-bond acceptors (Lipinski definition) is 6. The smallest absolute Gasteiger partial charge is 0.304 e. The number of carboxylic acids is 1. The molecule has 0 radical (unpaired) electrons. The Bertz CT molecular complexity index is 1560. The molecule has 198 valence electrons. The lowest BCUT2D eigenvalue weighted by atomic mass is 9.84. The molecule has 1 aliphatic rings. The molecular formula is C29H33N5O4. The number of ether oxygens (including phenoxy) is 1. The summed E-state index contributed by atoms with van der Waals surface area (Å²) < 4.78 is 7.91. The Morgan fingerprint density at radius 2 is 2.03 bits per heavy atom. The summed E-state index contributed by atoms with van der Waals surface area (Å²) in [5.74, 6) is -0.459. The van der Waals surface area contributed by atoms with Gasteiger partial charge in [-0.2, -0.15) is 0 Å². The lowest BCUT2D eigenvalue weighted by Crippen LogP contribution is -2.32. The minimum atomic E-state index is -0.855. The van der Waals surface area contributed by atoms with Crippen LogP contribution in [0.5, 0.6) is 5.75 Å². The second kappa shape index (κ2) is 10.4. The number of fused-ring (bicyclic) bond motifs is 2. The van der Waals surface area contributed by atoms with Gasteiger partial charge in [-0.05, 0) is 60.2 Å². The van der Waals surface area contributed by atoms with Crippen molar-refractivity contribution in [2.45, 2.75) is 58.7 Å². The quantitative estimate of drug-likeness (QED) is 0.382. The number of aromatic amines is 1. The summed E-state index contributed by atoms with van der Waals surface area (Å²) in [5.41, 5.74) is 7.41. The van der Waals surface area contributed by atoms with E-state index in [1.807, 2.05) is 32.2 Å². The summed E-state index contributed by atoms with van der Waals surface area (Å²) in [5, 5.41) is 18.3. The molecule has 5 rings (SSSR count). The molecule has 9 heteroatoms. The number of rotatable bonds is 7. The molecule has 2 aromatic heterocycles. The lowest BCUT2D eigenvalue weighted by molar-refractivity contribution is -0.137. The lowest BCUT2D eigenvalue weighted by Gasteiger charge is -2.25. The van der Waals surface area contributed by atoms with Gasteiger partial charge in [0.15, 0.2) is 0 Å². The first-order chi connectivity index (χ1) is 18.2. The van der Waals surface area contributed by atoms with E-state index in [9.17, 15) is 14.7 Å². The van der Waals surface area contributed by atoms with Crippen molar-refractivity contribution in [3.05, 3.63) is 86.3 Å². The molecule has 0 unspecified atom stereocenters. The summed E-state index contributed by atoms with van der Waals surface area (Å²) in [6.07, 6.45) is 0.824. The molecule has 38 heavy (non-hydrogen) atoms. The first kappa shape index (κ1) is 25.7. The van der Waals surface area contributed by atoms with Crippen molar-refractivity contribution in [3.63, 3.8) is 0 Å². The van der Waals surface area contributed by atoms with E-state index in [0.29, 0.717) is 13.1 Å².